The van der Waals surface area contributed by atoms with Crippen molar-refractivity contribution in [3.05, 3.63) is 41.5 Å². The summed E-state index contributed by atoms with van der Waals surface area (Å²) >= 11 is 0. The fourth-order valence-corrected chi connectivity index (χ4v) is 0.959. The first-order valence-electron chi connectivity index (χ1n) is 4.64. The summed E-state index contributed by atoms with van der Waals surface area (Å²) in [4.78, 5) is 2.14. The molecular weight excluding hydrogens is 238 g/mol. The largest absolute Gasteiger partial charge is 2.00 e. The third-order valence-electron chi connectivity index (χ3n) is 2.13. The molecule has 16 heavy (non-hydrogen) atoms. The van der Waals surface area contributed by atoms with Crippen LogP contribution in [0, 0.1) is 42.1 Å². The van der Waals surface area contributed by atoms with Gasteiger partial charge < -0.3 is 10.8 Å². The minimum atomic E-state index is 0. The fraction of sp³-hybridized carbons (Fsp3) is 0.357. The number of hydrogen-bond acceptors (Lipinski definition) is 1. The van der Waals surface area contributed by atoms with E-state index in [1.165, 1.54) is 0 Å². The van der Waals surface area contributed by atoms with Crippen LogP contribution in [-0.4, -0.2) is 25.0 Å². The van der Waals surface area contributed by atoms with Gasteiger partial charge in [0.15, 0.2) is 0 Å². The van der Waals surface area contributed by atoms with Gasteiger partial charge in [-0.25, -0.2) is 5.73 Å². The third kappa shape index (κ3) is 5.09. The van der Waals surface area contributed by atoms with E-state index in [4.69, 9.17) is 0 Å². The van der Waals surface area contributed by atoms with Crippen molar-refractivity contribution in [1.82, 2.24) is 4.90 Å². The SMILES string of the molecule is C[C@@H](C1[C]=[C-]C#C1)N(C)C.[C]1=C=C=C=[C-]1.[Fe+2]. The van der Waals surface area contributed by atoms with Gasteiger partial charge in [0.2, 0.25) is 0 Å². The molecule has 2 aliphatic carbocycles. The monoisotopic (exact) mass is 249 g/mol. The first-order valence-corrected chi connectivity index (χ1v) is 4.64. The normalized spacial score (nSPS) is 18.9. The molecule has 0 heterocycles. The Balaban J connectivity index is 0.000000318. The maximum Gasteiger partial charge on any atom is 2.00 e. The predicted molar refractivity (Wildman–Crippen MR) is 57.9 cm³/mol. The molecule has 0 aromatic rings. The van der Waals surface area contributed by atoms with E-state index in [1.54, 1.807) is 0 Å². The first-order chi connectivity index (χ1) is 7.22. The molecule has 2 atom stereocenters. The van der Waals surface area contributed by atoms with Crippen molar-refractivity contribution in [3.63, 3.8) is 0 Å². The van der Waals surface area contributed by atoms with Crippen molar-refractivity contribution in [2.24, 2.45) is 5.92 Å². The molecule has 2 radical (unpaired) electrons. The van der Waals surface area contributed by atoms with E-state index in [1.807, 2.05) is 14.1 Å². The molecule has 0 amide bonds. The fourth-order valence-electron chi connectivity index (χ4n) is 0.959. The molecule has 2 aliphatic rings. The predicted octanol–water partition coefficient (Wildman–Crippen LogP) is 1.36. The summed E-state index contributed by atoms with van der Waals surface area (Å²) in [5.41, 5.74) is 7.50. The molecule has 2 rings (SSSR count). The van der Waals surface area contributed by atoms with E-state index < -0.39 is 0 Å². The van der Waals surface area contributed by atoms with Gasteiger partial charge in [0.1, 0.15) is 0 Å². The Morgan fingerprint density at radius 3 is 2.25 bits per heavy atom. The van der Waals surface area contributed by atoms with Gasteiger partial charge in [-0.15, -0.1) is 18.2 Å². The van der Waals surface area contributed by atoms with Crippen LogP contribution in [0.1, 0.15) is 6.92 Å². The molecule has 0 fully saturated rings. The van der Waals surface area contributed by atoms with Crippen LogP contribution in [0.3, 0.4) is 0 Å². The maximum absolute atomic E-state index is 3.02. The number of hydrogen-bond donors (Lipinski definition) is 0. The average Bonchev–Trinajstić information content (AvgIpc) is 2.92. The van der Waals surface area contributed by atoms with E-state index in [2.05, 4.69) is 65.2 Å². The molecule has 0 N–H and O–H groups in total. The molecule has 0 aromatic heterocycles. The molecule has 0 aliphatic heterocycles. The van der Waals surface area contributed by atoms with Crippen molar-refractivity contribution in [2.75, 3.05) is 14.1 Å². The van der Waals surface area contributed by atoms with Crippen molar-refractivity contribution >= 4 is 0 Å². The summed E-state index contributed by atoms with van der Waals surface area (Å²) in [7, 11) is 4.10. The summed E-state index contributed by atoms with van der Waals surface area (Å²) in [6, 6.07) is 0.447. The Bertz CT molecular complexity index is 413. The van der Waals surface area contributed by atoms with Crippen LogP contribution in [0.2, 0.25) is 0 Å². The number of nitrogens with zero attached hydrogens (tertiary/aromatic N) is 1. The summed E-state index contributed by atoms with van der Waals surface area (Å²) in [6.45, 7) is 2.14. The third-order valence-corrected chi connectivity index (χ3v) is 2.13. The van der Waals surface area contributed by atoms with Gasteiger partial charge in [-0.3, -0.25) is 17.4 Å². The summed E-state index contributed by atoms with van der Waals surface area (Å²) in [5.74, 6) is 6.05. The molecule has 0 aromatic carbocycles. The Morgan fingerprint density at radius 1 is 1.19 bits per heavy atom. The van der Waals surface area contributed by atoms with Crippen molar-refractivity contribution in [1.29, 1.82) is 0 Å². The number of allylic oxidation sites excluding steroid dienone is 3. The van der Waals surface area contributed by atoms with Gasteiger partial charge in [-0.05, 0) is 26.9 Å². The smallest absolute Gasteiger partial charge is 0.320 e. The van der Waals surface area contributed by atoms with E-state index in [9.17, 15) is 0 Å². The van der Waals surface area contributed by atoms with Gasteiger partial charge in [0, 0.05) is 6.04 Å². The van der Waals surface area contributed by atoms with Crippen LogP contribution >= 0.6 is 0 Å². The molecule has 0 saturated heterocycles. The van der Waals surface area contributed by atoms with E-state index in [-0.39, 0.29) is 23.0 Å². The second-order valence-electron chi connectivity index (χ2n) is 3.35. The van der Waals surface area contributed by atoms with Crippen LogP contribution in [0.4, 0.5) is 0 Å². The van der Waals surface area contributed by atoms with E-state index in [0.717, 1.165) is 0 Å². The summed E-state index contributed by atoms with van der Waals surface area (Å²) in [5, 5.41) is 0. The Kier molecular flexibility index (Phi) is 7.49. The zero-order valence-electron chi connectivity index (χ0n) is 9.46. The topological polar surface area (TPSA) is 3.24 Å². The summed E-state index contributed by atoms with van der Waals surface area (Å²) in [6.07, 6.45) is 10.8. The van der Waals surface area contributed by atoms with Crippen LogP contribution in [-0.2, 0) is 17.1 Å². The minimum Gasteiger partial charge on any atom is -0.320 e. The van der Waals surface area contributed by atoms with E-state index >= 15 is 0 Å². The van der Waals surface area contributed by atoms with Crippen molar-refractivity contribution in [3.8, 4) is 11.8 Å². The molecular formula is C14H11FeN. The Morgan fingerprint density at radius 2 is 1.94 bits per heavy atom. The van der Waals surface area contributed by atoms with Crippen LogP contribution in [0.15, 0.2) is 17.2 Å². The minimum absolute atomic E-state index is 0. The maximum atomic E-state index is 3.02. The zero-order valence-corrected chi connectivity index (χ0v) is 10.6. The van der Waals surface area contributed by atoms with Crippen LogP contribution < -0.4 is 0 Å². The molecule has 1 nitrogen and oxygen atoms in total. The second-order valence-corrected chi connectivity index (χ2v) is 3.35. The van der Waals surface area contributed by atoms with Gasteiger partial charge in [0.25, 0.3) is 0 Å². The van der Waals surface area contributed by atoms with E-state index in [0.29, 0.717) is 6.04 Å². The Labute approximate surface area is 108 Å². The standard InChI is InChI=1S/C9H11N.C5.Fe/c1-8(10(2)3)9-6-4-5-7-9;1-2-4-5-3-1;/h8-9H,1-3H3;;/q2*-1;+2/t8-;;/m0../s1. The van der Waals surface area contributed by atoms with Crippen molar-refractivity contribution in [2.45, 2.75) is 13.0 Å². The first kappa shape index (κ1) is 14.9. The molecule has 0 bridgehead atoms. The van der Waals surface area contributed by atoms with Crippen LogP contribution in [0.25, 0.3) is 0 Å². The van der Waals surface area contributed by atoms with Gasteiger partial charge in [-0.2, -0.15) is 6.08 Å². The number of rotatable bonds is 2. The second kappa shape index (κ2) is 8.06. The van der Waals surface area contributed by atoms with Crippen LogP contribution in [0.5, 0.6) is 0 Å². The molecule has 0 saturated carbocycles. The molecule has 0 spiro atoms. The quantitative estimate of drug-likeness (QED) is 0.309. The molecule has 2 heteroatoms. The molecule has 1 unspecified atom stereocenters. The average molecular weight is 249 g/mol. The summed E-state index contributed by atoms with van der Waals surface area (Å²) < 4.78 is 0. The Hall–Kier alpha value is -1.14. The van der Waals surface area contributed by atoms with Gasteiger partial charge in [0.05, 0.1) is 0 Å². The van der Waals surface area contributed by atoms with Gasteiger partial charge in [-0.1, -0.05) is 0 Å². The van der Waals surface area contributed by atoms with Gasteiger partial charge >= 0.3 is 17.1 Å². The zero-order chi connectivity index (χ0) is 11.1. The molecule has 80 valence electrons. The van der Waals surface area contributed by atoms with Crippen molar-refractivity contribution < 1.29 is 17.1 Å².